The van der Waals surface area contributed by atoms with Gasteiger partial charge in [0, 0.05) is 23.9 Å². The minimum Gasteiger partial charge on any atom is -0.444 e. The summed E-state index contributed by atoms with van der Waals surface area (Å²) >= 11 is 0. The van der Waals surface area contributed by atoms with Crippen molar-refractivity contribution in [3.05, 3.63) is 0 Å². The maximum Gasteiger partial charge on any atom is 0.407 e. The molecular formula is C25H44N2O6. The topological polar surface area (TPSA) is 111 Å². The van der Waals surface area contributed by atoms with Crippen LogP contribution in [0.15, 0.2) is 0 Å². The Labute approximate surface area is 198 Å². The number of amides is 2. The summed E-state index contributed by atoms with van der Waals surface area (Å²) in [6, 6.07) is -0.119. The Bertz CT molecular complexity index is 638. The Balaban J connectivity index is 0.000000331. The van der Waals surface area contributed by atoms with Crippen molar-refractivity contribution in [1.82, 2.24) is 10.6 Å². The molecule has 0 spiro atoms. The molecule has 0 radical (unpaired) electrons. The van der Waals surface area contributed by atoms with E-state index in [-0.39, 0.29) is 23.9 Å². The van der Waals surface area contributed by atoms with E-state index >= 15 is 0 Å². The highest BCUT2D eigenvalue weighted by molar-refractivity contribution is 5.69. The molecule has 0 aromatic heterocycles. The summed E-state index contributed by atoms with van der Waals surface area (Å²) in [5, 5.41) is 5.61. The Kier molecular flexibility index (Phi) is 11.9. The highest BCUT2D eigenvalue weighted by Crippen LogP contribution is 2.24. The summed E-state index contributed by atoms with van der Waals surface area (Å²) in [4.78, 5) is 45.0. The number of ether oxygens (including phenoxy) is 2. The number of nitrogens with one attached hydrogen (secondary N) is 2. The summed E-state index contributed by atoms with van der Waals surface area (Å²) in [6.45, 7) is 11.0. The Morgan fingerprint density at radius 3 is 1.33 bits per heavy atom. The van der Waals surface area contributed by atoms with Crippen LogP contribution >= 0.6 is 0 Å². The molecule has 2 aliphatic carbocycles. The van der Waals surface area contributed by atoms with E-state index in [1.165, 1.54) is 0 Å². The van der Waals surface area contributed by atoms with Crippen LogP contribution in [-0.2, 0) is 19.1 Å². The van der Waals surface area contributed by atoms with Crippen LogP contribution in [0.5, 0.6) is 0 Å². The van der Waals surface area contributed by atoms with Crippen molar-refractivity contribution in [1.29, 1.82) is 0 Å². The van der Waals surface area contributed by atoms with Crippen LogP contribution in [0.2, 0.25) is 0 Å². The fourth-order valence-corrected chi connectivity index (χ4v) is 4.10. The molecule has 2 aliphatic rings. The number of carbonyl (C=O) groups is 4. The Morgan fingerprint density at radius 1 is 0.636 bits per heavy atom. The van der Waals surface area contributed by atoms with Crippen LogP contribution in [0, 0.1) is 11.8 Å². The normalized spacial score (nSPS) is 25.9. The predicted octanol–water partition coefficient (Wildman–Crippen LogP) is 4.93. The lowest BCUT2D eigenvalue weighted by molar-refractivity contribution is -0.113. The summed E-state index contributed by atoms with van der Waals surface area (Å²) in [6.07, 6.45) is 9.91. The molecule has 2 N–H and O–H groups in total. The summed E-state index contributed by atoms with van der Waals surface area (Å²) in [7, 11) is 0. The SMILES string of the molecule is CC(C)(C)OC(=O)NC1CCCCC1C=O.CC(C)(C)OC(=O)NC1CCCCCC1C=O. The van der Waals surface area contributed by atoms with Gasteiger partial charge in [-0.2, -0.15) is 0 Å². The molecule has 0 aromatic carbocycles. The number of rotatable bonds is 4. The first kappa shape index (κ1) is 28.9. The first-order chi connectivity index (χ1) is 15.3. The molecule has 0 aliphatic heterocycles. The molecule has 8 heteroatoms. The van der Waals surface area contributed by atoms with Gasteiger partial charge >= 0.3 is 12.2 Å². The molecule has 0 heterocycles. The van der Waals surface area contributed by atoms with Gasteiger partial charge in [-0.15, -0.1) is 0 Å². The molecular weight excluding hydrogens is 424 g/mol. The summed E-state index contributed by atoms with van der Waals surface area (Å²) in [5.41, 5.74) is -0.985. The number of hydrogen-bond donors (Lipinski definition) is 2. The van der Waals surface area contributed by atoms with Crippen LogP contribution in [0.25, 0.3) is 0 Å². The third kappa shape index (κ3) is 12.6. The molecule has 4 atom stereocenters. The molecule has 8 nitrogen and oxygen atoms in total. The van der Waals surface area contributed by atoms with Crippen LogP contribution in [-0.4, -0.2) is 48.0 Å². The first-order valence-electron chi connectivity index (χ1n) is 12.2. The number of alkyl carbamates (subject to hydrolysis) is 2. The third-order valence-electron chi connectivity index (χ3n) is 5.64. The highest BCUT2D eigenvalue weighted by Gasteiger charge is 2.28. The van der Waals surface area contributed by atoms with Crippen molar-refractivity contribution in [2.75, 3.05) is 0 Å². The highest BCUT2D eigenvalue weighted by atomic mass is 16.6. The lowest BCUT2D eigenvalue weighted by Gasteiger charge is -2.29. The van der Waals surface area contributed by atoms with E-state index in [4.69, 9.17) is 9.47 Å². The van der Waals surface area contributed by atoms with Gasteiger partial charge in [0.25, 0.3) is 0 Å². The van der Waals surface area contributed by atoms with Gasteiger partial charge in [0.2, 0.25) is 0 Å². The van der Waals surface area contributed by atoms with Gasteiger partial charge in [0.1, 0.15) is 23.8 Å². The summed E-state index contributed by atoms with van der Waals surface area (Å²) in [5.74, 6) is -0.119. The second kappa shape index (κ2) is 13.6. The minimum absolute atomic E-state index is 0.0544. The molecule has 0 aromatic rings. The standard InChI is InChI=1S/C13H23NO3.C12H21NO3/c1-13(2,3)17-12(16)14-11-8-6-4-5-7-10(11)9-15;1-12(2,3)16-11(15)13-10-7-5-4-6-9(10)8-14/h9-11H,4-8H2,1-3H3,(H,14,16);8-10H,4-7H2,1-3H3,(H,13,15). The molecule has 0 bridgehead atoms. The summed E-state index contributed by atoms with van der Waals surface area (Å²) < 4.78 is 10.4. The maximum absolute atomic E-state index is 11.7. The fourth-order valence-electron chi connectivity index (χ4n) is 4.10. The van der Waals surface area contributed by atoms with E-state index in [1.807, 2.05) is 41.5 Å². The zero-order chi connectivity index (χ0) is 25.1. The van der Waals surface area contributed by atoms with Crippen molar-refractivity contribution in [2.45, 2.75) is 123 Å². The lowest BCUT2D eigenvalue weighted by atomic mass is 9.86. The Morgan fingerprint density at radius 2 is 0.970 bits per heavy atom. The van der Waals surface area contributed by atoms with Gasteiger partial charge in [0.15, 0.2) is 0 Å². The molecule has 0 saturated heterocycles. The quantitative estimate of drug-likeness (QED) is 0.447. The van der Waals surface area contributed by atoms with Gasteiger partial charge < -0.3 is 29.7 Å². The number of carbonyl (C=O) groups excluding carboxylic acids is 4. The second-order valence-corrected chi connectivity index (χ2v) is 11.0. The Hall–Kier alpha value is -2.12. The molecule has 2 fully saturated rings. The lowest BCUT2D eigenvalue weighted by Crippen LogP contribution is -2.44. The molecule has 2 saturated carbocycles. The molecule has 190 valence electrons. The predicted molar refractivity (Wildman–Crippen MR) is 127 cm³/mol. The van der Waals surface area contributed by atoms with Gasteiger partial charge in [-0.3, -0.25) is 0 Å². The van der Waals surface area contributed by atoms with Crippen molar-refractivity contribution in [2.24, 2.45) is 11.8 Å². The van der Waals surface area contributed by atoms with Crippen molar-refractivity contribution < 1.29 is 28.7 Å². The van der Waals surface area contributed by atoms with Gasteiger partial charge in [0.05, 0.1) is 0 Å². The second-order valence-electron chi connectivity index (χ2n) is 11.0. The van der Waals surface area contributed by atoms with Gasteiger partial charge in [-0.05, 0) is 67.2 Å². The van der Waals surface area contributed by atoms with E-state index in [2.05, 4.69) is 10.6 Å². The monoisotopic (exact) mass is 468 g/mol. The number of aldehydes is 2. The average Bonchev–Trinajstić information content (AvgIpc) is 2.90. The zero-order valence-electron chi connectivity index (χ0n) is 21.3. The van der Waals surface area contributed by atoms with E-state index in [1.54, 1.807) is 0 Å². The van der Waals surface area contributed by atoms with Crippen LogP contribution < -0.4 is 10.6 Å². The third-order valence-corrected chi connectivity index (χ3v) is 5.64. The maximum atomic E-state index is 11.7. The fraction of sp³-hybridized carbons (Fsp3) is 0.840. The van der Waals surface area contributed by atoms with E-state index in [9.17, 15) is 19.2 Å². The molecule has 33 heavy (non-hydrogen) atoms. The molecule has 2 amide bonds. The van der Waals surface area contributed by atoms with Gasteiger partial charge in [-0.1, -0.05) is 32.1 Å². The molecule has 2 rings (SSSR count). The van der Waals surface area contributed by atoms with Crippen molar-refractivity contribution >= 4 is 24.8 Å². The van der Waals surface area contributed by atoms with E-state index in [0.717, 1.165) is 70.4 Å². The largest absolute Gasteiger partial charge is 0.444 e. The van der Waals surface area contributed by atoms with E-state index in [0.29, 0.717) is 0 Å². The zero-order valence-corrected chi connectivity index (χ0v) is 21.3. The first-order valence-corrected chi connectivity index (χ1v) is 12.2. The number of hydrogen-bond acceptors (Lipinski definition) is 6. The van der Waals surface area contributed by atoms with Crippen LogP contribution in [0.4, 0.5) is 9.59 Å². The smallest absolute Gasteiger partial charge is 0.407 e. The van der Waals surface area contributed by atoms with Crippen molar-refractivity contribution in [3.63, 3.8) is 0 Å². The van der Waals surface area contributed by atoms with Gasteiger partial charge in [-0.25, -0.2) is 9.59 Å². The van der Waals surface area contributed by atoms with E-state index < -0.39 is 23.4 Å². The molecule has 4 unspecified atom stereocenters. The van der Waals surface area contributed by atoms with Crippen LogP contribution in [0.3, 0.4) is 0 Å². The minimum atomic E-state index is -0.495. The van der Waals surface area contributed by atoms with Crippen LogP contribution in [0.1, 0.15) is 99.3 Å². The van der Waals surface area contributed by atoms with Crippen molar-refractivity contribution in [3.8, 4) is 0 Å². The average molecular weight is 469 g/mol.